The number of hydrogen-bond donors (Lipinski definition) is 2. The van der Waals surface area contributed by atoms with Crippen molar-refractivity contribution in [2.24, 2.45) is 57.5 Å². The molecule has 1 aromatic rings. The van der Waals surface area contributed by atoms with Crippen LogP contribution >= 0.6 is 0 Å². The number of rotatable bonds is 8. The van der Waals surface area contributed by atoms with E-state index in [9.17, 15) is 5.41 Å². The highest BCUT2D eigenvalue weighted by molar-refractivity contribution is 5.89. The van der Waals surface area contributed by atoms with Crippen LogP contribution in [-0.2, 0) is 0 Å². The zero-order chi connectivity index (χ0) is 31.6. The van der Waals surface area contributed by atoms with Crippen LogP contribution in [-0.4, -0.2) is 30.9 Å². The molecule has 0 aliphatic heterocycles. The molecule has 8 atom stereocenters. The monoisotopic (exact) mass is 597 g/mol. The standard InChI is InChI=1S/C40H59N3O/c1-25(2)36-27(4)23-40(24-35(42)43(22-21-41)28(5)29-9-11-30(44-8)12-10-29)20-17-33-31(37(36)40)13-14-34-38(6)18-15-26(3)32(38)16-19-39(33,34)7/h9-12,25-26,31-34,42H,4-5,13-24,41H2,1-3,6-8H3. The average molecular weight is 598 g/mol. The Morgan fingerprint density at radius 2 is 1.68 bits per heavy atom. The van der Waals surface area contributed by atoms with Crippen molar-refractivity contribution in [1.82, 2.24) is 4.90 Å². The number of amidine groups is 1. The number of ether oxygens (including phenoxy) is 1. The predicted octanol–water partition coefficient (Wildman–Crippen LogP) is 9.48. The highest BCUT2D eigenvalue weighted by Crippen LogP contribution is 2.73. The molecule has 0 amide bonds. The third kappa shape index (κ3) is 4.76. The lowest BCUT2D eigenvalue weighted by Gasteiger charge is -2.64. The molecule has 0 aromatic heterocycles. The fourth-order valence-electron chi connectivity index (χ4n) is 12.2. The number of nitrogens with zero attached hydrogens (tertiary/aromatic N) is 1. The Morgan fingerprint density at radius 3 is 2.34 bits per heavy atom. The minimum Gasteiger partial charge on any atom is -0.497 e. The molecular weight excluding hydrogens is 538 g/mol. The minimum atomic E-state index is -0.00581. The predicted molar refractivity (Wildman–Crippen MR) is 184 cm³/mol. The fraction of sp³-hybridized carbons (Fsp3) is 0.675. The van der Waals surface area contributed by atoms with Gasteiger partial charge in [0, 0.05) is 30.6 Å². The molecule has 0 bridgehead atoms. The summed E-state index contributed by atoms with van der Waals surface area (Å²) < 4.78 is 5.39. The number of benzene rings is 1. The van der Waals surface area contributed by atoms with E-state index in [0.29, 0.717) is 41.6 Å². The van der Waals surface area contributed by atoms with Gasteiger partial charge in [0.2, 0.25) is 0 Å². The van der Waals surface area contributed by atoms with Crippen LogP contribution in [0.1, 0.15) is 104 Å². The zero-order valence-electron chi connectivity index (χ0n) is 28.6. The summed E-state index contributed by atoms with van der Waals surface area (Å²) in [5.41, 5.74) is 13.6. The van der Waals surface area contributed by atoms with Gasteiger partial charge in [-0.2, -0.15) is 0 Å². The van der Waals surface area contributed by atoms with Crippen LogP contribution in [0.15, 0.2) is 54.1 Å². The van der Waals surface area contributed by atoms with Gasteiger partial charge >= 0.3 is 0 Å². The lowest BCUT2D eigenvalue weighted by molar-refractivity contribution is -0.132. The van der Waals surface area contributed by atoms with Gasteiger partial charge in [0.25, 0.3) is 0 Å². The van der Waals surface area contributed by atoms with Crippen molar-refractivity contribution < 1.29 is 4.74 Å². The van der Waals surface area contributed by atoms with Gasteiger partial charge in [0.05, 0.1) is 7.11 Å². The molecule has 0 heterocycles. The van der Waals surface area contributed by atoms with E-state index in [1.165, 1.54) is 56.9 Å². The van der Waals surface area contributed by atoms with Crippen LogP contribution in [0.2, 0.25) is 0 Å². The average Bonchev–Trinajstić information content (AvgIpc) is 3.47. The summed E-state index contributed by atoms with van der Waals surface area (Å²) in [6.45, 7) is 23.0. The van der Waals surface area contributed by atoms with E-state index in [4.69, 9.17) is 17.0 Å². The summed E-state index contributed by atoms with van der Waals surface area (Å²) in [5, 5.41) is 9.60. The van der Waals surface area contributed by atoms with Crippen molar-refractivity contribution in [3.05, 3.63) is 59.7 Å². The summed E-state index contributed by atoms with van der Waals surface area (Å²) in [7, 11) is 1.69. The summed E-state index contributed by atoms with van der Waals surface area (Å²) >= 11 is 0. The Bertz CT molecular complexity index is 1340. The summed E-state index contributed by atoms with van der Waals surface area (Å²) in [6, 6.07) is 8.03. The first-order valence-electron chi connectivity index (χ1n) is 17.7. The maximum Gasteiger partial charge on any atom is 0.118 e. The van der Waals surface area contributed by atoms with Gasteiger partial charge in [-0.25, -0.2) is 0 Å². The third-order valence-electron chi connectivity index (χ3n) is 14.0. The molecule has 4 saturated carbocycles. The number of methoxy groups -OCH3 is 1. The second-order valence-electron chi connectivity index (χ2n) is 16.3. The maximum absolute atomic E-state index is 9.60. The van der Waals surface area contributed by atoms with Gasteiger partial charge in [0.15, 0.2) is 0 Å². The highest BCUT2D eigenvalue weighted by atomic mass is 16.5. The van der Waals surface area contributed by atoms with Gasteiger partial charge in [-0.05, 0) is 140 Å². The van der Waals surface area contributed by atoms with Crippen LogP contribution in [0.5, 0.6) is 5.75 Å². The lowest BCUT2D eigenvalue weighted by atomic mass is 9.40. The third-order valence-corrected chi connectivity index (χ3v) is 14.0. The van der Waals surface area contributed by atoms with E-state index in [1.807, 2.05) is 24.3 Å². The van der Waals surface area contributed by atoms with Crippen molar-refractivity contribution >= 4 is 11.5 Å². The van der Waals surface area contributed by atoms with E-state index in [2.05, 4.69) is 46.1 Å². The van der Waals surface area contributed by atoms with Crippen LogP contribution < -0.4 is 10.5 Å². The van der Waals surface area contributed by atoms with Crippen molar-refractivity contribution in [3.8, 4) is 5.75 Å². The summed E-state index contributed by atoms with van der Waals surface area (Å²) in [5.74, 6) is 5.99. The van der Waals surface area contributed by atoms with E-state index in [0.717, 1.165) is 53.5 Å². The number of hydrogen-bond acceptors (Lipinski definition) is 3. The Morgan fingerprint density at radius 1 is 1.02 bits per heavy atom. The SMILES string of the molecule is C=C1CC2(CC(=N)N(CCN)C(=C)c3ccc(OC)cc3)CCC3C(CCC4C5(C)CCC(C)C5CCC34C)C2=C1C(C)C. The number of nitrogens with one attached hydrogen (secondary N) is 1. The first-order valence-corrected chi connectivity index (χ1v) is 17.7. The molecule has 4 fully saturated rings. The Balaban J connectivity index is 1.32. The van der Waals surface area contributed by atoms with Crippen LogP contribution in [0.4, 0.5) is 0 Å². The Kier molecular flexibility index (Phi) is 8.26. The lowest BCUT2D eigenvalue weighted by Crippen LogP contribution is -2.57. The molecule has 0 radical (unpaired) electrons. The molecule has 44 heavy (non-hydrogen) atoms. The van der Waals surface area contributed by atoms with E-state index < -0.39 is 0 Å². The quantitative estimate of drug-likeness (QED) is 0.232. The summed E-state index contributed by atoms with van der Waals surface area (Å²) in [6.07, 6.45) is 12.6. The molecule has 1 aromatic carbocycles. The molecular formula is C40H59N3O. The molecule has 4 heteroatoms. The zero-order valence-corrected chi connectivity index (χ0v) is 28.6. The molecule has 8 unspecified atom stereocenters. The van der Waals surface area contributed by atoms with Gasteiger partial charge in [0.1, 0.15) is 11.6 Å². The topological polar surface area (TPSA) is 62.3 Å². The highest BCUT2D eigenvalue weighted by Gasteiger charge is 2.64. The first kappa shape index (κ1) is 31.6. The summed E-state index contributed by atoms with van der Waals surface area (Å²) in [4.78, 5) is 2.08. The van der Waals surface area contributed by atoms with Crippen molar-refractivity contribution in [2.45, 2.75) is 98.8 Å². The van der Waals surface area contributed by atoms with E-state index in [1.54, 1.807) is 18.3 Å². The Labute approximate surface area is 268 Å². The van der Waals surface area contributed by atoms with Crippen LogP contribution in [0, 0.1) is 57.2 Å². The number of allylic oxidation sites excluding steroid dienone is 3. The Hall–Kier alpha value is -2.33. The molecule has 4 nitrogen and oxygen atoms in total. The molecule has 6 rings (SSSR count). The second-order valence-corrected chi connectivity index (χ2v) is 16.3. The van der Waals surface area contributed by atoms with Gasteiger partial charge in [-0.3, -0.25) is 5.41 Å². The van der Waals surface area contributed by atoms with Crippen LogP contribution in [0.25, 0.3) is 5.70 Å². The molecule has 240 valence electrons. The van der Waals surface area contributed by atoms with E-state index >= 15 is 0 Å². The molecule has 5 aliphatic rings. The fourth-order valence-corrected chi connectivity index (χ4v) is 12.2. The van der Waals surface area contributed by atoms with Crippen molar-refractivity contribution in [3.63, 3.8) is 0 Å². The number of nitrogens with two attached hydrogens (primary N) is 1. The van der Waals surface area contributed by atoms with Crippen molar-refractivity contribution in [1.29, 1.82) is 5.41 Å². The smallest absolute Gasteiger partial charge is 0.118 e. The molecule has 0 saturated heterocycles. The number of fused-ring (bicyclic) bond motifs is 7. The maximum atomic E-state index is 9.60. The van der Waals surface area contributed by atoms with Gasteiger partial charge in [-0.1, -0.05) is 58.9 Å². The largest absolute Gasteiger partial charge is 0.497 e. The first-order chi connectivity index (χ1) is 20.9. The normalized spacial score (nSPS) is 37.7. The minimum absolute atomic E-state index is 0.00581. The molecule has 5 aliphatic carbocycles. The van der Waals surface area contributed by atoms with Gasteiger partial charge < -0.3 is 15.4 Å². The van der Waals surface area contributed by atoms with Gasteiger partial charge in [-0.15, -0.1) is 0 Å². The van der Waals surface area contributed by atoms with E-state index in [-0.39, 0.29) is 5.41 Å². The van der Waals surface area contributed by atoms with Crippen molar-refractivity contribution in [2.75, 3.05) is 20.2 Å². The van der Waals surface area contributed by atoms with Crippen LogP contribution in [0.3, 0.4) is 0 Å². The molecule has 0 spiro atoms. The second kappa shape index (κ2) is 11.5. The molecule has 3 N–H and O–H groups in total.